The van der Waals surface area contributed by atoms with Gasteiger partial charge in [0.1, 0.15) is 12.1 Å². The summed E-state index contributed by atoms with van der Waals surface area (Å²) < 4.78 is 28.8. The monoisotopic (exact) mass is 398 g/mol. The second-order valence-electron chi connectivity index (χ2n) is 6.82. The van der Waals surface area contributed by atoms with Crippen molar-refractivity contribution in [1.29, 1.82) is 0 Å². The SMILES string of the molecule is Cc1cccc(CS(=O)(=O)N2CCN(c3cc(-n4cccn4)ncn3)CC2)c1. The van der Waals surface area contributed by atoms with E-state index in [2.05, 4.69) is 20.0 Å². The van der Waals surface area contributed by atoms with Crippen LogP contribution in [0.15, 0.2) is 55.1 Å². The van der Waals surface area contributed by atoms with E-state index in [1.54, 1.807) is 15.2 Å². The van der Waals surface area contributed by atoms with Crippen LogP contribution in [-0.4, -0.2) is 58.7 Å². The van der Waals surface area contributed by atoms with E-state index in [-0.39, 0.29) is 5.75 Å². The molecule has 1 aromatic carbocycles. The number of sulfonamides is 1. The molecule has 0 amide bonds. The highest BCUT2D eigenvalue weighted by molar-refractivity contribution is 7.88. The Kier molecular flexibility index (Phi) is 5.10. The normalized spacial score (nSPS) is 15.7. The van der Waals surface area contributed by atoms with E-state index in [0.29, 0.717) is 32.0 Å². The molecule has 2 aromatic heterocycles. The third-order valence-electron chi connectivity index (χ3n) is 4.76. The van der Waals surface area contributed by atoms with E-state index in [0.717, 1.165) is 16.9 Å². The quantitative estimate of drug-likeness (QED) is 0.649. The number of aryl methyl sites for hydroxylation is 1. The number of nitrogens with zero attached hydrogens (tertiary/aromatic N) is 6. The average Bonchev–Trinajstić information content (AvgIpc) is 3.23. The van der Waals surface area contributed by atoms with Crippen molar-refractivity contribution < 1.29 is 8.42 Å². The maximum Gasteiger partial charge on any atom is 0.218 e. The first-order valence-corrected chi connectivity index (χ1v) is 10.7. The van der Waals surface area contributed by atoms with E-state index in [1.807, 2.05) is 49.5 Å². The van der Waals surface area contributed by atoms with E-state index < -0.39 is 10.0 Å². The molecule has 1 aliphatic heterocycles. The van der Waals surface area contributed by atoms with Crippen LogP contribution >= 0.6 is 0 Å². The molecule has 0 atom stereocenters. The minimum Gasteiger partial charge on any atom is -0.354 e. The van der Waals surface area contributed by atoms with Crippen molar-refractivity contribution in [3.05, 3.63) is 66.2 Å². The molecule has 8 nitrogen and oxygen atoms in total. The molecule has 28 heavy (non-hydrogen) atoms. The summed E-state index contributed by atoms with van der Waals surface area (Å²) in [5.74, 6) is 1.49. The highest BCUT2D eigenvalue weighted by atomic mass is 32.2. The van der Waals surface area contributed by atoms with Crippen LogP contribution in [0.4, 0.5) is 5.82 Å². The van der Waals surface area contributed by atoms with Gasteiger partial charge in [-0.1, -0.05) is 29.8 Å². The number of hydrogen-bond donors (Lipinski definition) is 0. The fraction of sp³-hybridized carbons (Fsp3) is 0.316. The minimum absolute atomic E-state index is 0.0334. The Hall–Kier alpha value is -2.78. The molecule has 3 heterocycles. The summed E-state index contributed by atoms with van der Waals surface area (Å²) in [5, 5.41) is 4.18. The fourth-order valence-corrected chi connectivity index (χ4v) is 4.84. The first-order chi connectivity index (χ1) is 13.5. The third-order valence-corrected chi connectivity index (χ3v) is 6.61. The highest BCUT2D eigenvalue weighted by Crippen LogP contribution is 2.19. The number of anilines is 1. The Bertz CT molecular complexity index is 1040. The fourth-order valence-electron chi connectivity index (χ4n) is 3.34. The smallest absolute Gasteiger partial charge is 0.218 e. The molecule has 0 aliphatic carbocycles. The van der Waals surface area contributed by atoms with Crippen LogP contribution in [0, 0.1) is 6.92 Å². The van der Waals surface area contributed by atoms with E-state index in [9.17, 15) is 8.42 Å². The lowest BCUT2D eigenvalue weighted by atomic mass is 10.2. The lowest BCUT2D eigenvalue weighted by Gasteiger charge is -2.34. The summed E-state index contributed by atoms with van der Waals surface area (Å²) in [7, 11) is -3.34. The second kappa shape index (κ2) is 7.69. The molecule has 1 fully saturated rings. The predicted octanol–water partition coefficient (Wildman–Crippen LogP) is 1.62. The minimum atomic E-state index is -3.34. The largest absolute Gasteiger partial charge is 0.354 e. The van der Waals surface area contributed by atoms with Crippen LogP contribution in [0.2, 0.25) is 0 Å². The summed E-state index contributed by atoms with van der Waals surface area (Å²) in [6, 6.07) is 11.3. The topological polar surface area (TPSA) is 84.2 Å². The molecular weight excluding hydrogens is 376 g/mol. The second-order valence-corrected chi connectivity index (χ2v) is 8.79. The molecular formula is C19H22N6O2S. The Labute approximate surface area is 164 Å². The van der Waals surface area contributed by atoms with Crippen molar-refractivity contribution in [1.82, 2.24) is 24.1 Å². The van der Waals surface area contributed by atoms with Crippen molar-refractivity contribution in [2.24, 2.45) is 0 Å². The van der Waals surface area contributed by atoms with Gasteiger partial charge in [0.2, 0.25) is 10.0 Å². The van der Waals surface area contributed by atoms with Gasteiger partial charge in [0.25, 0.3) is 0 Å². The summed E-state index contributed by atoms with van der Waals surface area (Å²) in [6.07, 6.45) is 5.02. The van der Waals surface area contributed by atoms with Gasteiger partial charge >= 0.3 is 0 Å². The lowest BCUT2D eigenvalue weighted by molar-refractivity contribution is 0.383. The molecule has 1 aliphatic rings. The van der Waals surface area contributed by atoms with Gasteiger partial charge in [-0.3, -0.25) is 0 Å². The summed E-state index contributed by atoms with van der Waals surface area (Å²) in [4.78, 5) is 10.7. The summed E-state index contributed by atoms with van der Waals surface area (Å²) >= 11 is 0. The number of rotatable bonds is 5. The van der Waals surface area contributed by atoms with Crippen molar-refractivity contribution in [3.63, 3.8) is 0 Å². The van der Waals surface area contributed by atoms with E-state index >= 15 is 0 Å². The molecule has 1 saturated heterocycles. The number of aromatic nitrogens is 4. The highest BCUT2D eigenvalue weighted by Gasteiger charge is 2.27. The number of piperazine rings is 1. The van der Waals surface area contributed by atoms with Crippen molar-refractivity contribution in [2.75, 3.05) is 31.1 Å². The Morgan fingerprint density at radius 1 is 1.00 bits per heavy atom. The van der Waals surface area contributed by atoms with Crippen LogP contribution in [0.3, 0.4) is 0 Å². The Morgan fingerprint density at radius 2 is 1.79 bits per heavy atom. The van der Waals surface area contributed by atoms with Crippen LogP contribution in [0.5, 0.6) is 0 Å². The third kappa shape index (κ3) is 4.05. The van der Waals surface area contributed by atoms with Gasteiger partial charge in [0, 0.05) is 44.6 Å². The van der Waals surface area contributed by atoms with Crippen LogP contribution in [-0.2, 0) is 15.8 Å². The molecule has 0 spiro atoms. The molecule has 0 radical (unpaired) electrons. The van der Waals surface area contributed by atoms with E-state index in [1.165, 1.54) is 6.33 Å². The van der Waals surface area contributed by atoms with Gasteiger partial charge in [-0.2, -0.15) is 9.40 Å². The summed E-state index contributed by atoms with van der Waals surface area (Å²) in [6.45, 7) is 4.02. The average molecular weight is 398 g/mol. The van der Waals surface area contributed by atoms with Gasteiger partial charge in [-0.25, -0.2) is 23.1 Å². The standard InChI is InChI=1S/C19H22N6O2S/c1-16-4-2-5-17(12-16)14-28(26,27)24-10-8-23(9-11-24)18-13-19(21-15-20-18)25-7-3-6-22-25/h2-7,12-13,15H,8-11,14H2,1H3. The predicted molar refractivity (Wildman–Crippen MR) is 107 cm³/mol. The maximum atomic E-state index is 12.8. The van der Waals surface area contributed by atoms with Gasteiger partial charge in [-0.15, -0.1) is 0 Å². The van der Waals surface area contributed by atoms with Gasteiger partial charge in [-0.05, 0) is 18.6 Å². The zero-order valence-electron chi connectivity index (χ0n) is 15.6. The number of hydrogen-bond acceptors (Lipinski definition) is 6. The van der Waals surface area contributed by atoms with Crippen molar-refractivity contribution >= 4 is 15.8 Å². The van der Waals surface area contributed by atoms with Crippen molar-refractivity contribution in [3.8, 4) is 5.82 Å². The zero-order valence-corrected chi connectivity index (χ0v) is 16.5. The van der Waals surface area contributed by atoms with Gasteiger partial charge in [0.05, 0.1) is 5.75 Å². The Morgan fingerprint density at radius 3 is 2.50 bits per heavy atom. The first-order valence-electron chi connectivity index (χ1n) is 9.12. The lowest BCUT2D eigenvalue weighted by Crippen LogP contribution is -2.49. The molecule has 3 aromatic rings. The molecule has 9 heteroatoms. The molecule has 0 unspecified atom stereocenters. The van der Waals surface area contributed by atoms with Crippen LogP contribution in [0.1, 0.15) is 11.1 Å². The molecule has 0 N–H and O–H groups in total. The molecule has 0 saturated carbocycles. The summed E-state index contributed by atoms with van der Waals surface area (Å²) in [5.41, 5.74) is 1.89. The van der Waals surface area contributed by atoms with E-state index in [4.69, 9.17) is 0 Å². The first kappa shape index (κ1) is 18.6. The van der Waals surface area contributed by atoms with Gasteiger partial charge in [0.15, 0.2) is 5.82 Å². The maximum absolute atomic E-state index is 12.8. The molecule has 4 rings (SSSR count). The van der Waals surface area contributed by atoms with Crippen molar-refractivity contribution in [2.45, 2.75) is 12.7 Å². The molecule has 146 valence electrons. The zero-order chi connectivity index (χ0) is 19.6. The van der Waals surface area contributed by atoms with Crippen LogP contribution in [0.25, 0.3) is 5.82 Å². The van der Waals surface area contributed by atoms with Gasteiger partial charge < -0.3 is 4.90 Å². The Balaban J connectivity index is 1.42. The number of benzene rings is 1. The van der Waals surface area contributed by atoms with Crippen LogP contribution < -0.4 is 4.90 Å². The molecule has 0 bridgehead atoms.